The molecule has 10 heteroatoms. The number of nitrogens with zero attached hydrogens (tertiary/aromatic N) is 3. The largest absolute Gasteiger partial charge is 0.437 e. The van der Waals surface area contributed by atoms with Crippen LogP contribution in [0.3, 0.4) is 0 Å². The van der Waals surface area contributed by atoms with E-state index >= 15 is 0 Å². The number of ether oxygens (including phenoxy) is 2. The van der Waals surface area contributed by atoms with Gasteiger partial charge in [0.15, 0.2) is 11.4 Å². The smallest absolute Gasteiger partial charge is 0.327 e. The highest BCUT2D eigenvalue weighted by Crippen LogP contribution is 2.32. The third kappa shape index (κ3) is 4.57. The quantitative estimate of drug-likeness (QED) is 0.254. The van der Waals surface area contributed by atoms with Crippen LogP contribution in [0.15, 0.2) is 42.5 Å². The molecular formula is C21H21ClN7O2+. The fourth-order valence-corrected chi connectivity index (χ4v) is 3.15. The number of amidine groups is 1. The standard InChI is InChI=1S/C21H20ClN7O2/c1-11-26-17-19(27-11)28-21(31-16-10-13(18(24)25)5-6-15(16)22)29-20(17)30-14-4-2-3-12(9-14)7-8-23/h2-6,9-10H,7-8,23H2,1H3,(H3,24,25)(H,26,27,28,29)/p+1. The van der Waals surface area contributed by atoms with Crippen molar-refractivity contribution in [2.45, 2.75) is 13.3 Å². The lowest BCUT2D eigenvalue weighted by atomic mass is 10.1. The molecule has 4 rings (SSSR count). The normalized spacial score (nSPS) is 10.9. The van der Waals surface area contributed by atoms with Gasteiger partial charge in [-0.3, -0.25) is 11.1 Å². The Hall–Kier alpha value is -3.69. The van der Waals surface area contributed by atoms with Gasteiger partial charge in [0.1, 0.15) is 17.1 Å². The molecule has 0 spiro atoms. The molecule has 2 aromatic carbocycles. The number of aryl methyl sites for hydroxylation is 1. The molecule has 4 aromatic rings. The van der Waals surface area contributed by atoms with E-state index in [1.165, 1.54) is 0 Å². The number of nitrogens with two attached hydrogens (primary N) is 3. The van der Waals surface area contributed by atoms with Gasteiger partial charge in [-0.2, -0.15) is 9.97 Å². The predicted octanol–water partition coefficient (Wildman–Crippen LogP) is 1.86. The number of nitrogens with one attached hydrogen (secondary N) is 1. The van der Waals surface area contributed by atoms with Crippen LogP contribution in [0.2, 0.25) is 5.02 Å². The Kier molecular flexibility index (Phi) is 5.70. The fraction of sp³-hybridized carbons (Fsp3) is 0.143. The SMILES string of the molecule is Cc1nc2nc(Oc3cc(C(N)=[NH2+])ccc3Cl)nc(Oc3cccc(CCN)c3)c2[nH]1. The Balaban J connectivity index is 1.72. The van der Waals surface area contributed by atoms with Gasteiger partial charge in [0.05, 0.1) is 10.6 Å². The highest BCUT2D eigenvalue weighted by Gasteiger charge is 2.17. The first-order chi connectivity index (χ1) is 14.9. The summed E-state index contributed by atoms with van der Waals surface area (Å²) in [5.74, 6) is 1.98. The zero-order chi connectivity index (χ0) is 22.0. The second-order valence-corrected chi connectivity index (χ2v) is 7.23. The topological polar surface area (TPSA) is 151 Å². The van der Waals surface area contributed by atoms with Crippen molar-refractivity contribution in [3.63, 3.8) is 0 Å². The van der Waals surface area contributed by atoms with Crippen LogP contribution >= 0.6 is 11.6 Å². The molecule has 31 heavy (non-hydrogen) atoms. The number of H-pyrrole nitrogens is 1. The minimum atomic E-state index is 0.0155. The Morgan fingerprint density at radius 3 is 2.74 bits per heavy atom. The van der Waals surface area contributed by atoms with Crippen molar-refractivity contribution in [3.05, 3.63) is 64.4 Å². The van der Waals surface area contributed by atoms with Crippen molar-refractivity contribution < 1.29 is 14.9 Å². The van der Waals surface area contributed by atoms with Gasteiger partial charge in [0.2, 0.25) is 0 Å². The van der Waals surface area contributed by atoms with Gasteiger partial charge in [-0.05, 0) is 55.8 Å². The summed E-state index contributed by atoms with van der Waals surface area (Å²) in [7, 11) is 0. The van der Waals surface area contributed by atoms with E-state index < -0.39 is 0 Å². The number of hydrogen-bond donors (Lipinski definition) is 4. The van der Waals surface area contributed by atoms with E-state index in [0.717, 1.165) is 12.0 Å². The summed E-state index contributed by atoms with van der Waals surface area (Å²) in [4.78, 5) is 16.3. The molecule has 0 amide bonds. The number of hydrogen-bond acceptors (Lipinski definition) is 6. The molecule has 2 aromatic heterocycles. The van der Waals surface area contributed by atoms with Crippen LogP contribution in [-0.4, -0.2) is 32.3 Å². The van der Waals surface area contributed by atoms with E-state index in [2.05, 4.69) is 19.9 Å². The summed E-state index contributed by atoms with van der Waals surface area (Å²) in [6.07, 6.45) is 0.740. The van der Waals surface area contributed by atoms with E-state index in [0.29, 0.717) is 45.6 Å². The van der Waals surface area contributed by atoms with Gasteiger partial charge in [-0.1, -0.05) is 23.7 Å². The number of aromatic amines is 1. The van der Waals surface area contributed by atoms with Crippen molar-refractivity contribution in [1.82, 2.24) is 19.9 Å². The van der Waals surface area contributed by atoms with Gasteiger partial charge in [-0.15, -0.1) is 0 Å². The van der Waals surface area contributed by atoms with Gasteiger partial charge in [-0.25, -0.2) is 4.98 Å². The molecule has 0 saturated heterocycles. The zero-order valence-electron chi connectivity index (χ0n) is 16.7. The Bertz CT molecular complexity index is 1270. The average Bonchev–Trinajstić information content (AvgIpc) is 3.10. The summed E-state index contributed by atoms with van der Waals surface area (Å²) >= 11 is 6.26. The summed E-state index contributed by atoms with van der Waals surface area (Å²) < 4.78 is 11.9. The number of benzene rings is 2. The van der Waals surface area contributed by atoms with Gasteiger partial charge in [0.25, 0.3) is 11.7 Å². The van der Waals surface area contributed by atoms with E-state index in [1.807, 2.05) is 31.2 Å². The highest BCUT2D eigenvalue weighted by molar-refractivity contribution is 6.32. The molecule has 0 saturated carbocycles. The van der Waals surface area contributed by atoms with Crippen LogP contribution in [0.5, 0.6) is 23.4 Å². The van der Waals surface area contributed by atoms with Crippen molar-refractivity contribution in [2.75, 3.05) is 6.54 Å². The van der Waals surface area contributed by atoms with Crippen LogP contribution in [0.4, 0.5) is 0 Å². The maximum absolute atomic E-state index is 6.26. The minimum Gasteiger partial charge on any atom is -0.437 e. The number of aromatic nitrogens is 4. The first kappa shape index (κ1) is 20.6. The molecule has 7 N–H and O–H groups in total. The minimum absolute atomic E-state index is 0.0155. The third-order valence-corrected chi connectivity index (χ3v) is 4.74. The summed E-state index contributed by atoms with van der Waals surface area (Å²) in [6.45, 7) is 2.36. The molecule has 9 nitrogen and oxygen atoms in total. The fourth-order valence-electron chi connectivity index (χ4n) is 2.99. The lowest BCUT2D eigenvalue weighted by molar-refractivity contribution is -0.114. The first-order valence-electron chi connectivity index (χ1n) is 9.50. The predicted molar refractivity (Wildman–Crippen MR) is 117 cm³/mol. The van der Waals surface area contributed by atoms with Crippen molar-refractivity contribution in [3.8, 4) is 23.4 Å². The Morgan fingerprint density at radius 2 is 1.97 bits per heavy atom. The molecule has 0 bridgehead atoms. The second-order valence-electron chi connectivity index (χ2n) is 6.82. The van der Waals surface area contributed by atoms with Crippen LogP contribution in [0, 0.1) is 6.92 Å². The van der Waals surface area contributed by atoms with Gasteiger partial charge < -0.3 is 20.2 Å². The van der Waals surface area contributed by atoms with Crippen LogP contribution in [-0.2, 0) is 6.42 Å². The lowest BCUT2D eigenvalue weighted by Gasteiger charge is -2.10. The zero-order valence-corrected chi connectivity index (χ0v) is 17.5. The van der Waals surface area contributed by atoms with E-state index in [1.54, 1.807) is 18.2 Å². The maximum atomic E-state index is 6.26. The maximum Gasteiger partial charge on any atom is 0.327 e. The number of halogens is 1. The Morgan fingerprint density at radius 1 is 1.13 bits per heavy atom. The number of rotatable bonds is 7. The monoisotopic (exact) mass is 438 g/mol. The molecule has 0 aliphatic heterocycles. The van der Waals surface area contributed by atoms with Gasteiger partial charge >= 0.3 is 6.01 Å². The third-order valence-electron chi connectivity index (χ3n) is 4.43. The highest BCUT2D eigenvalue weighted by atomic mass is 35.5. The Labute approximate surface area is 182 Å². The van der Waals surface area contributed by atoms with E-state index in [-0.39, 0.29) is 17.7 Å². The van der Waals surface area contributed by atoms with Crippen LogP contribution < -0.4 is 26.4 Å². The molecule has 2 heterocycles. The molecule has 158 valence electrons. The van der Waals surface area contributed by atoms with Crippen LogP contribution in [0.1, 0.15) is 17.0 Å². The summed E-state index contributed by atoms with van der Waals surface area (Å²) in [5, 5.41) is 6.02. The summed E-state index contributed by atoms with van der Waals surface area (Å²) in [5.41, 5.74) is 13.9. The molecule has 0 aliphatic carbocycles. The van der Waals surface area contributed by atoms with Crippen molar-refractivity contribution >= 4 is 28.6 Å². The molecule has 0 fully saturated rings. The lowest BCUT2D eigenvalue weighted by Crippen LogP contribution is -2.46. The van der Waals surface area contributed by atoms with Crippen molar-refractivity contribution in [2.24, 2.45) is 11.5 Å². The van der Waals surface area contributed by atoms with E-state index in [4.69, 9.17) is 38.0 Å². The van der Waals surface area contributed by atoms with Crippen LogP contribution in [0.25, 0.3) is 11.2 Å². The molecular weight excluding hydrogens is 418 g/mol. The summed E-state index contributed by atoms with van der Waals surface area (Å²) in [6, 6.07) is 12.6. The molecule has 0 atom stereocenters. The average molecular weight is 439 g/mol. The first-order valence-corrected chi connectivity index (χ1v) is 9.87. The van der Waals surface area contributed by atoms with Crippen molar-refractivity contribution in [1.29, 1.82) is 0 Å². The molecule has 0 unspecified atom stereocenters. The number of imidazole rings is 1. The van der Waals surface area contributed by atoms with E-state index in [9.17, 15) is 0 Å². The van der Waals surface area contributed by atoms with Gasteiger partial charge in [0, 0.05) is 0 Å². The molecule has 0 aliphatic rings. The molecule has 0 radical (unpaired) electrons. The number of fused-ring (bicyclic) bond motifs is 1. The second kappa shape index (κ2) is 8.58.